The smallest absolute Gasteiger partial charge is 0.412 e. The van der Waals surface area contributed by atoms with Crippen LogP contribution in [0.15, 0.2) is 32.4 Å². The number of nitriles is 1. The van der Waals surface area contributed by atoms with Crippen LogP contribution < -0.4 is 47.0 Å². The molecule has 250 valence electrons. The summed E-state index contributed by atoms with van der Waals surface area (Å²) in [6.45, 7) is 1.33. The molecule has 1 heterocycles. The molecule has 1 aromatic heterocycles. The van der Waals surface area contributed by atoms with Gasteiger partial charge in [-0.3, -0.25) is 9.98 Å². The van der Waals surface area contributed by atoms with Crippen LogP contribution in [0.5, 0.6) is 17.2 Å². The van der Waals surface area contributed by atoms with Crippen molar-refractivity contribution in [1.29, 1.82) is 5.26 Å². The molecule has 10 N–H and O–H groups in total. The Hall–Kier alpha value is -4.21. The number of benzene rings is 2. The van der Waals surface area contributed by atoms with Crippen LogP contribution in [0.4, 0.5) is 8.78 Å². The molecule has 3 aromatic rings. The van der Waals surface area contributed by atoms with E-state index in [2.05, 4.69) is 14.7 Å². The number of rotatable bonds is 16. The lowest BCUT2D eigenvalue weighted by Gasteiger charge is -2.22. The van der Waals surface area contributed by atoms with E-state index >= 15 is 4.39 Å². The van der Waals surface area contributed by atoms with E-state index < -0.39 is 51.8 Å². The van der Waals surface area contributed by atoms with Crippen molar-refractivity contribution in [1.82, 2.24) is 4.72 Å². The van der Waals surface area contributed by atoms with Gasteiger partial charge in [-0.1, -0.05) is 6.92 Å². The molecule has 0 saturated carbocycles. The van der Waals surface area contributed by atoms with E-state index in [9.17, 15) is 22.3 Å². The number of guanidine groups is 2. The minimum Gasteiger partial charge on any atom is -0.489 e. The number of aliphatic imine (C=N–C) groups is 2. The van der Waals surface area contributed by atoms with E-state index in [-0.39, 0.29) is 82.9 Å². The maximum absolute atomic E-state index is 16.4. The highest BCUT2D eigenvalue weighted by molar-refractivity contribution is 7.91. The first kappa shape index (κ1) is 36.3. The van der Waals surface area contributed by atoms with E-state index in [0.29, 0.717) is 11.3 Å². The number of halogens is 2. The summed E-state index contributed by atoms with van der Waals surface area (Å²) >= 11 is 0.511. The number of nitrogens with one attached hydrogen (secondary N) is 1. The van der Waals surface area contributed by atoms with Crippen LogP contribution >= 0.6 is 18.9 Å². The second-order valence-corrected chi connectivity index (χ2v) is 14.1. The van der Waals surface area contributed by atoms with E-state index in [1.807, 2.05) is 0 Å². The first-order valence-electron chi connectivity index (χ1n) is 13.5. The summed E-state index contributed by atoms with van der Waals surface area (Å²) in [5.74, 6) is -4.09. The van der Waals surface area contributed by atoms with Crippen LogP contribution in [-0.4, -0.2) is 58.6 Å². The number of hydrogen-bond donors (Lipinski definition) is 6. The van der Waals surface area contributed by atoms with Gasteiger partial charge in [-0.2, -0.15) is 5.26 Å². The molecule has 0 aliphatic carbocycles. The molecule has 0 radical (unpaired) electrons. The van der Waals surface area contributed by atoms with Crippen LogP contribution in [0.1, 0.15) is 30.9 Å². The largest absolute Gasteiger partial charge is 0.489 e. The van der Waals surface area contributed by atoms with Gasteiger partial charge < -0.3 is 41.8 Å². The predicted octanol–water partition coefficient (Wildman–Crippen LogP) is 1.50. The molecule has 0 aliphatic heterocycles. The average molecular weight is 703 g/mol. The number of fused-ring (bicyclic) bond motifs is 1. The predicted molar refractivity (Wildman–Crippen MR) is 170 cm³/mol. The molecule has 1 atom stereocenters. The molecule has 20 heteroatoms. The third kappa shape index (κ3) is 8.33. The number of nitrogens with zero attached hydrogens (tertiary/aromatic N) is 3. The fourth-order valence-corrected chi connectivity index (χ4v) is 8.44. The van der Waals surface area contributed by atoms with Gasteiger partial charge in [-0.15, -0.1) is 11.3 Å². The molecule has 2 aromatic carbocycles. The molecule has 3 rings (SSSR count). The molecule has 0 bridgehead atoms. The van der Waals surface area contributed by atoms with Crippen molar-refractivity contribution in [2.24, 2.45) is 32.9 Å². The monoisotopic (exact) mass is 702 g/mol. The van der Waals surface area contributed by atoms with Gasteiger partial charge in [-0.25, -0.2) is 26.5 Å². The zero-order chi connectivity index (χ0) is 34.2. The maximum atomic E-state index is 16.4. The summed E-state index contributed by atoms with van der Waals surface area (Å²) in [4.78, 5) is 19.2. The van der Waals surface area contributed by atoms with Gasteiger partial charge in [0.2, 0.25) is 10.0 Å². The normalized spacial score (nSPS) is 12.6. The number of ether oxygens (including phenoxy) is 2. The molecule has 0 amide bonds. The molecular weight excluding hydrogens is 669 g/mol. The second kappa shape index (κ2) is 15.4. The Kier molecular flexibility index (Phi) is 12.1. The van der Waals surface area contributed by atoms with E-state index in [0.717, 1.165) is 25.2 Å². The fraction of sp³-hybridized carbons (Fsp3) is 0.346. The molecule has 1 unspecified atom stereocenters. The first-order chi connectivity index (χ1) is 21.7. The quantitative estimate of drug-likeness (QED) is 0.0537. The highest BCUT2D eigenvalue weighted by atomic mass is 32.2. The number of sulfonamides is 1. The van der Waals surface area contributed by atoms with Gasteiger partial charge in [0.1, 0.15) is 27.1 Å². The number of aryl methyl sites for hydroxylation is 1. The van der Waals surface area contributed by atoms with Crippen molar-refractivity contribution in [3.05, 3.63) is 41.0 Å². The third-order valence-corrected chi connectivity index (χ3v) is 10.8. The lowest BCUT2D eigenvalue weighted by Crippen LogP contribution is -2.23. The van der Waals surface area contributed by atoms with Crippen molar-refractivity contribution in [2.45, 2.75) is 30.4 Å². The van der Waals surface area contributed by atoms with Crippen molar-refractivity contribution >= 4 is 56.3 Å². The summed E-state index contributed by atoms with van der Waals surface area (Å²) in [5.41, 5.74) is 21.1. The standard InChI is InChI=1S/C26H33F2N8O7PS2/c1-3-16-18-22(44(37,38)43-15-7-6-14(13-29)17(27)12-15)21(42-11-5-9-36-26(32)33)20(41-10-4-8-35-25(30)31)19(28)23(18)45-24(16)46(39,40)34-2/h6-7,12,34H,3-5,8-11H2,1-2H3,(H,37,38)(H4,30,31,35)(H4,32,33,36). The number of thiophene rings is 1. The highest BCUT2D eigenvalue weighted by Gasteiger charge is 2.40. The Morgan fingerprint density at radius 3 is 2.17 bits per heavy atom. The summed E-state index contributed by atoms with van der Waals surface area (Å²) in [7, 11) is -8.24. The highest BCUT2D eigenvalue weighted by Crippen LogP contribution is 2.53. The molecule has 15 nitrogen and oxygen atoms in total. The van der Waals surface area contributed by atoms with Crippen LogP contribution in [0.3, 0.4) is 0 Å². The van der Waals surface area contributed by atoms with Crippen molar-refractivity contribution in [3.63, 3.8) is 0 Å². The van der Waals surface area contributed by atoms with Gasteiger partial charge in [0.05, 0.1) is 23.5 Å². The van der Waals surface area contributed by atoms with Crippen molar-refractivity contribution in [3.8, 4) is 23.3 Å². The van der Waals surface area contributed by atoms with Gasteiger partial charge in [0.25, 0.3) is 0 Å². The lowest BCUT2D eigenvalue weighted by molar-refractivity contribution is 0.257. The number of hydrogen-bond acceptors (Lipinski definition) is 10. The minimum atomic E-state index is -5.21. The molecule has 46 heavy (non-hydrogen) atoms. The summed E-state index contributed by atoms with van der Waals surface area (Å²) in [6.07, 6.45) is 0.301. The van der Waals surface area contributed by atoms with Gasteiger partial charge in [0.15, 0.2) is 29.2 Å². The Labute approximate surface area is 267 Å². The van der Waals surface area contributed by atoms with Crippen LogP contribution in [0.25, 0.3) is 10.1 Å². The SMILES string of the molecule is CCc1c(S(=O)(=O)NC)sc2c(F)c(OCCCN=C(N)N)c(OCCCN=C(N)N)c(P(=O)(O)Oc3ccc(C#N)c(F)c3)c12. The van der Waals surface area contributed by atoms with E-state index in [4.69, 9.17) is 42.2 Å². The molecule has 0 saturated heterocycles. The zero-order valence-corrected chi connectivity index (χ0v) is 27.3. The summed E-state index contributed by atoms with van der Waals surface area (Å²) in [6, 6.07) is 4.48. The fourth-order valence-electron chi connectivity index (χ4n) is 4.16. The van der Waals surface area contributed by atoms with Gasteiger partial charge >= 0.3 is 7.60 Å². The van der Waals surface area contributed by atoms with Gasteiger partial charge in [0, 0.05) is 37.4 Å². The molecular formula is C26H33F2N8O7PS2. The molecule has 0 aliphatic rings. The van der Waals surface area contributed by atoms with Crippen LogP contribution in [-0.2, 0) is 21.0 Å². The van der Waals surface area contributed by atoms with Crippen LogP contribution in [0, 0.1) is 23.0 Å². The Balaban J connectivity index is 2.35. The molecule has 0 fully saturated rings. The second-order valence-electron chi connectivity index (χ2n) is 9.34. The van der Waals surface area contributed by atoms with Crippen molar-refractivity contribution < 1.29 is 40.7 Å². The summed E-state index contributed by atoms with van der Waals surface area (Å²) in [5, 5.41) is 8.18. The number of nitrogens with two attached hydrogens (primary N) is 4. The molecule has 0 spiro atoms. The third-order valence-electron chi connectivity index (χ3n) is 6.15. The zero-order valence-electron chi connectivity index (χ0n) is 24.7. The minimum absolute atomic E-state index is 0.00297. The lowest BCUT2D eigenvalue weighted by atomic mass is 10.1. The van der Waals surface area contributed by atoms with Gasteiger partial charge in [-0.05, 0) is 31.2 Å². The van der Waals surface area contributed by atoms with E-state index in [1.54, 1.807) is 13.0 Å². The van der Waals surface area contributed by atoms with Crippen molar-refractivity contribution in [2.75, 3.05) is 33.4 Å². The summed E-state index contributed by atoms with van der Waals surface area (Å²) < 4.78 is 89.5. The Morgan fingerprint density at radius 2 is 1.67 bits per heavy atom. The van der Waals surface area contributed by atoms with Crippen LogP contribution in [0.2, 0.25) is 0 Å². The van der Waals surface area contributed by atoms with E-state index in [1.165, 1.54) is 0 Å². The first-order valence-corrected chi connectivity index (χ1v) is 17.4. The maximum Gasteiger partial charge on any atom is 0.412 e. The Bertz CT molecular complexity index is 1850. The topological polar surface area (TPSA) is 264 Å². The Morgan fingerprint density at radius 1 is 1.09 bits per heavy atom. The average Bonchev–Trinajstić information content (AvgIpc) is 3.38.